The summed E-state index contributed by atoms with van der Waals surface area (Å²) in [6, 6.07) is 23.2. The molecule has 7 aromatic rings. The van der Waals surface area contributed by atoms with Crippen LogP contribution >= 0.6 is 11.8 Å². The second kappa shape index (κ2) is 18.9. The maximum Gasteiger partial charge on any atom is 0.200 e. The predicted molar refractivity (Wildman–Crippen MR) is 212 cm³/mol. The Balaban J connectivity index is 0.000000244. The average molecular weight is 1030 g/mol. The van der Waals surface area contributed by atoms with E-state index in [0.29, 0.717) is 5.75 Å². The third-order valence-electron chi connectivity index (χ3n) is 11.0. The molecule has 0 spiro atoms. The summed E-state index contributed by atoms with van der Waals surface area (Å²) in [5.41, 5.74) is -10.1. The van der Waals surface area contributed by atoms with Crippen LogP contribution in [0.25, 0.3) is 0 Å². The second-order valence-corrected chi connectivity index (χ2v) is 18.0. The maximum absolute atomic E-state index is 15.4. The van der Waals surface area contributed by atoms with Crippen LogP contribution in [-0.4, -0.2) is 17.5 Å². The second-order valence-electron chi connectivity index (χ2n) is 14.9. The Bertz CT molecular complexity index is 2860. The summed E-state index contributed by atoms with van der Waals surface area (Å²) in [7, 11) is 0.143. The molecule has 1 atom stereocenters. The Labute approximate surface area is 381 Å². The third-order valence-corrected chi connectivity index (χ3v) is 14.1. The number of benzene rings is 7. The SMILES string of the molecule is C[S+](Cc1ccc2c(c1)Cc1ccccc1S2)c1ccc(O)cc1.Fc1c(F)c(F)c([B-](c2c(F)c(F)c(F)c(F)c2F)(c2c(F)c(F)c(F)c(F)c2F)c2c(F)c(F)c(F)c(F)c2F)c(F)c1F. The zero-order valence-electron chi connectivity index (χ0n) is 33.7. The number of fused-ring (bicyclic) bond motifs is 2. The van der Waals surface area contributed by atoms with Crippen molar-refractivity contribution >= 4 is 50.7 Å². The molecule has 0 aromatic heterocycles. The van der Waals surface area contributed by atoms with Crippen molar-refractivity contribution in [2.45, 2.75) is 26.9 Å². The molecule has 1 unspecified atom stereocenters. The topological polar surface area (TPSA) is 20.2 Å². The first-order valence-corrected chi connectivity index (χ1v) is 21.5. The molecule has 24 heteroatoms. The van der Waals surface area contributed by atoms with Gasteiger partial charge in [0, 0.05) is 26.2 Å². The summed E-state index contributed by atoms with van der Waals surface area (Å²) in [5.74, 6) is -70.0. The van der Waals surface area contributed by atoms with Crippen LogP contribution in [0.15, 0.2) is 81.4 Å². The number of halogens is 20. The van der Waals surface area contributed by atoms with Gasteiger partial charge in [-0.25, -0.2) is 87.8 Å². The Morgan fingerprint density at radius 1 is 0.406 bits per heavy atom. The molecule has 8 rings (SSSR count). The molecule has 0 fully saturated rings. The van der Waals surface area contributed by atoms with Gasteiger partial charge in [-0.05, 0) is 60.0 Å². The molecule has 0 radical (unpaired) electrons. The molecule has 0 bridgehead atoms. The number of hydrogen-bond donors (Lipinski definition) is 1. The van der Waals surface area contributed by atoms with Crippen molar-refractivity contribution in [3.8, 4) is 5.75 Å². The first-order chi connectivity index (χ1) is 32.4. The van der Waals surface area contributed by atoms with Crippen molar-refractivity contribution in [2.24, 2.45) is 0 Å². The van der Waals surface area contributed by atoms with Gasteiger partial charge in [-0.2, -0.15) is 0 Å². The molecule has 0 amide bonds. The number of hydrogen-bond acceptors (Lipinski definition) is 2. The van der Waals surface area contributed by atoms with Crippen molar-refractivity contribution < 1.29 is 92.9 Å². The van der Waals surface area contributed by atoms with Crippen molar-refractivity contribution in [3.05, 3.63) is 200 Å². The van der Waals surface area contributed by atoms with E-state index in [9.17, 15) is 57.8 Å². The summed E-state index contributed by atoms with van der Waals surface area (Å²) in [6.45, 7) is 0. The standard InChI is InChI=1S/C24BF20.C21H18OS2/c26-5-1(6(27)14(35)21(42)13(5)34)25(2-7(28)15(36)22(43)16(37)8(2)29,3-9(30)17(38)23(44)18(39)10(3)31)4-11(32)19(40)24(45)20(41)12(4)33;1-24(19-9-7-18(22)8-10-19)14-15-6-11-21-17(12-15)13-16-4-2-3-5-20(16)23-21/h;2-12H,13-14H2,1H3/q-1;/p+1. The summed E-state index contributed by atoms with van der Waals surface area (Å²) < 4.78 is 294. The fraction of sp³-hybridized carbons (Fsp3) is 0.0667. The molecule has 0 aliphatic carbocycles. The van der Waals surface area contributed by atoms with E-state index in [2.05, 4.69) is 48.7 Å². The van der Waals surface area contributed by atoms with Gasteiger partial charge in [0.1, 0.15) is 70.4 Å². The van der Waals surface area contributed by atoms with Gasteiger partial charge in [0.05, 0.1) is 0 Å². The summed E-state index contributed by atoms with van der Waals surface area (Å²) >= 11 is 1.88. The third kappa shape index (κ3) is 8.21. The van der Waals surface area contributed by atoms with E-state index in [-0.39, 0.29) is 10.9 Å². The zero-order valence-corrected chi connectivity index (χ0v) is 35.3. The van der Waals surface area contributed by atoms with Crippen LogP contribution in [0.4, 0.5) is 87.8 Å². The molecule has 1 aliphatic heterocycles. The van der Waals surface area contributed by atoms with Gasteiger partial charge in [-0.15, -0.1) is 21.9 Å². The van der Waals surface area contributed by atoms with E-state index in [0.717, 1.165) is 12.2 Å². The van der Waals surface area contributed by atoms with Gasteiger partial charge in [0.2, 0.25) is 0 Å². The van der Waals surface area contributed by atoms with Crippen LogP contribution in [0, 0.1) is 116 Å². The molecular weight excluding hydrogens is 1010 g/mol. The van der Waals surface area contributed by atoms with Gasteiger partial charge in [-0.3, -0.25) is 0 Å². The minimum Gasteiger partial charge on any atom is -0.508 e. The molecule has 0 saturated heterocycles. The lowest BCUT2D eigenvalue weighted by molar-refractivity contribution is 0.378. The largest absolute Gasteiger partial charge is 0.508 e. The number of rotatable bonds is 7. The Kier molecular flexibility index (Phi) is 13.8. The van der Waals surface area contributed by atoms with E-state index in [1.165, 1.54) is 31.4 Å². The Hall–Kier alpha value is -6.30. The van der Waals surface area contributed by atoms with Crippen molar-refractivity contribution in [1.82, 2.24) is 0 Å². The monoisotopic (exact) mass is 1030 g/mol. The zero-order chi connectivity index (χ0) is 50.9. The van der Waals surface area contributed by atoms with Gasteiger partial charge in [0.15, 0.2) is 74.7 Å². The molecular formula is C45H19BF20OS2. The lowest BCUT2D eigenvalue weighted by Crippen LogP contribution is -2.81. The van der Waals surface area contributed by atoms with Gasteiger partial charge in [0.25, 0.3) is 0 Å². The van der Waals surface area contributed by atoms with Crippen molar-refractivity contribution in [2.75, 3.05) is 6.26 Å². The van der Waals surface area contributed by atoms with E-state index >= 15 is 35.1 Å². The van der Waals surface area contributed by atoms with Crippen LogP contribution in [0.3, 0.4) is 0 Å². The van der Waals surface area contributed by atoms with Crippen LogP contribution in [0.2, 0.25) is 0 Å². The molecule has 0 saturated carbocycles. The summed E-state index contributed by atoms with van der Waals surface area (Å²) in [6.07, 6.45) is -3.91. The van der Waals surface area contributed by atoms with Crippen LogP contribution < -0.4 is 21.9 Å². The summed E-state index contributed by atoms with van der Waals surface area (Å²) in [4.78, 5) is 4.07. The number of aromatic hydroxyl groups is 1. The highest BCUT2D eigenvalue weighted by atomic mass is 32.2. The van der Waals surface area contributed by atoms with Crippen molar-refractivity contribution in [3.63, 3.8) is 0 Å². The quantitative estimate of drug-likeness (QED) is 0.0564. The highest BCUT2D eigenvalue weighted by Gasteiger charge is 2.52. The average Bonchev–Trinajstić information content (AvgIpc) is 3.33. The van der Waals surface area contributed by atoms with Gasteiger partial charge < -0.3 is 5.11 Å². The van der Waals surface area contributed by atoms with E-state index < -0.39 is 144 Å². The highest BCUT2D eigenvalue weighted by molar-refractivity contribution is 7.99. The molecule has 1 heterocycles. The van der Waals surface area contributed by atoms with Crippen LogP contribution in [-0.2, 0) is 23.1 Å². The molecule has 1 N–H and O–H groups in total. The van der Waals surface area contributed by atoms with Crippen molar-refractivity contribution in [1.29, 1.82) is 0 Å². The Morgan fingerprint density at radius 3 is 1.09 bits per heavy atom. The smallest absolute Gasteiger partial charge is 0.200 e. The minimum atomic E-state index is -7.22. The van der Waals surface area contributed by atoms with E-state index in [4.69, 9.17) is 0 Å². The van der Waals surface area contributed by atoms with Crippen LogP contribution in [0.5, 0.6) is 5.75 Å². The first-order valence-electron chi connectivity index (χ1n) is 18.9. The van der Waals surface area contributed by atoms with Gasteiger partial charge in [-0.1, -0.05) is 36.0 Å². The predicted octanol–water partition coefficient (Wildman–Crippen LogP) is 11.1. The summed E-state index contributed by atoms with van der Waals surface area (Å²) in [5, 5.41) is 9.44. The molecule has 1 aliphatic rings. The van der Waals surface area contributed by atoms with E-state index in [1.54, 1.807) is 12.1 Å². The lowest BCUT2D eigenvalue weighted by atomic mass is 9.12. The molecule has 69 heavy (non-hydrogen) atoms. The van der Waals surface area contributed by atoms with Crippen LogP contribution in [0.1, 0.15) is 16.7 Å². The van der Waals surface area contributed by atoms with Gasteiger partial charge >= 0.3 is 0 Å². The van der Waals surface area contributed by atoms with E-state index in [1.807, 2.05) is 23.9 Å². The maximum atomic E-state index is 15.4. The highest BCUT2D eigenvalue weighted by Crippen LogP contribution is 2.40. The lowest BCUT2D eigenvalue weighted by Gasteiger charge is -2.44. The fourth-order valence-corrected chi connectivity index (χ4v) is 10.4. The molecule has 1 nitrogen and oxygen atoms in total. The molecule has 360 valence electrons. The number of phenolic OH excluding ortho intramolecular Hbond substituents is 1. The fourth-order valence-electron chi connectivity index (χ4n) is 7.92. The first kappa shape index (κ1) is 50.6. The number of phenols is 1. The Morgan fingerprint density at radius 2 is 0.725 bits per heavy atom. The molecule has 7 aromatic carbocycles. The normalized spacial score (nSPS) is 12.7. The minimum absolute atomic E-state index is 0.143.